The first-order valence-corrected chi connectivity index (χ1v) is 21.8. The van der Waals surface area contributed by atoms with Gasteiger partial charge in [-0.3, -0.25) is 28.8 Å². The van der Waals surface area contributed by atoms with Crippen molar-refractivity contribution in [1.29, 1.82) is 0 Å². The molecule has 0 saturated heterocycles. The molecule has 342 valence electrons. The molecule has 4 N–H and O–H groups in total. The maximum Gasteiger partial charge on any atom is 0.258 e. The molecule has 66 heavy (non-hydrogen) atoms. The average molecular weight is 997 g/mol. The van der Waals surface area contributed by atoms with Crippen molar-refractivity contribution in [3.63, 3.8) is 0 Å². The fourth-order valence-electron chi connectivity index (χ4n) is 5.87. The third-order valence-electron chi connectivity index (χ3n) is 9.44. The molecule has 4 amide bonds. The second-order valence-corrected chi connectivity index (χ2v) is 15.6. The predicted molar refractivity (Wildman–Crippen MR) is 255 cm³/mol. The molecule has 2 unspecified atom stereocenters. The van der Waals surface area contributed by atoms with Gasteiger partial charge >= 0.3 is 0 Å². The molecule has 5 aromatic rings. The van der Waals surface area contributed by atoms with Gasteiger partial charge in [-0.15, -0.1) is 34.8 Å². The lowest BCUT2D eigenvalue weighted by Crippen LogP contribution is -2.32. The number of Topliss-reactive ketones (excluding diaryl/α,β-unsaturated/α-hetero) is 2. The topological polar surface area (TPSA) is 218 Å². The van der Waals surface area contributed by atoms with Crippen LogP contribution in [0.2, 0.25) is 10.0 Å². The first-order chi connectivity index (χ1) is 31.6. The fraction of sp³-hybridized carbons (Fsp3) is 0.200. The number of anilines is 4. The number of methoxy groups -OCH3 is 2. The van der Waals surface area contributed by atoms with E-state index in [0.29, 0.717) is 39.6 Å². The van der Waals surface area contributed by atoms with Gasteiger partial charge in [-0.25, -0.2) is 0 Å². The first-order valence-electron chi connectivity index (χ1n) is 19.4. The number of carbonyl (C=O) groups excluding carboxylic acids is 6. The monoisotopic (exact) mass is 994 g/mol. The summed E-state index contributed by atoms with van der Waals surface area (Å²) < 4.78 is 10.5. The lowest BCUT2D eigenvalue weighted by molar-refractivity contribution is -0.127. The van der Waals surface area contributed by atoms with Gasteiger partial charge in [0.2, 0.25) is 12.1 Å². The van der Waals surface area contributed by atoms with Crippen molar-refractivity contribution in [1.82, 2.24) is 0 Å². The average Bonchev–Trinajstić information content (AvgIpc) is 3.30. The Morgan fingerprint density at radius 2 is 0.955 bits per heavy atom. The number of azo groups is 2. The van der Waals surface area contributed by atoms with Crippen molar-refractivity contribution in [2.75, 3.05) is 35.5 Å². The molecule has 0 heterocycles. The predicted octanol–water partition coefficient (Wildman–Crippen LogP) is 11.1. The molecule has 0 aliphatic rings. The number of hydrogen-bond donors (Lipinski definition) is 4. The van der Waals surface area contributed by atoms with E-state index in [0.717, 1.165) is 13.8 Å². The summed E-state index contributed by atoms with van der Waals surface area (Å²) in [5, 5.41) is 26.9. The maximum atomic E-state index is 13.4. The lowest BCUT2D eigenvalue weighted by Gasteiger charge is -2.15. The van der Waals surface area contributed by atoms with Crippen molar-refractivity contribution in [3.8, 4) is 11.5 Å². The summed E-state index contributed by atoms with van der Waals surface area (Å²) in [4.78, 5) is 78.5. The molecule has 0 aliphatic carbocycles. The number of carbonyl (C=O) groups is 6. The molecule has 0 fully saturated rings. The van der Waals surface area contributed by atoms with Crippen LogP contribution in [0.5, 0.6) is 11.5 Å². The van der Waals surface area contributed by atoms with E-state index in [1.165, 1.54) is 68.8 Å². The van der Waals surface area contributed by atoms with Crippen molar-refractivity contribution >= 4 is 127 Å². The zero-order chi connectivity index (χ0) is 48.1. The number of ketones is 2. The normalized spacial score (nSPS) is 12.0. The molecule has 5 rings (SSSR count). The summed E-state index contributed by atoms with van der Waals surface area (Å²) in [6, 6.07) is 19.5. The largest absolute Gasteiger partial charge is 0.497 e. The Morgan fingerprint density at radius 1 is 0.515 bits per heavy atom. The number of alkyl halides is 3. The van der Waals surface area contributed by atoms with E-state index in [4.69, 9.17) is 67.5 Å². The molecule has 0 radical (unpaired) electrons. The highest BCUT2D eigenvalue weighted by Crippen LogP contribution is 2.31. The van der Waals surface area contributed by atoms with E-state index in [9.17, 15) is 28.8 Å². The fourth-order valence-corrected chi connectivity index (χ4v) is 6.87. The van der Waals surface area contributed by atoms with Gasteiger partial charge in [0.25, 0.3) is 23.6 Å². The van der Waals surface area contributed by atoms with Crippen LogP contribution < -0.4 is 30.7 Å². The van der Waals surface area contributed by atoms with Crippen molar-refractivity contribution in [3.05, 3.63) is 129 Å². The summed E-state index contributed by atoms with van der Waals surface area (Å²) in [5.74, 6) is -3.03. The van der Waals surface area contributed by atoms with Crippen molar-refractivity contribution in [2.45, 2.75) is 43.6 Å². The van der Waals surface area contributed by atoms with Gasteiger partial charge in [0.1, 0.15) is 22.9 Å². The van der Waals surface area contributed by atoms with Crippen LogP contribution in [-0.4, -0.2) is 61.5 Å². The van der Waals surface area contributed by atoms with Gasteiger partial charge < -0.3 is 30.7 Å². The van der Waals surface area contributed by atoms with Gasteiger partial charge in [-0.05, 0) is 97.3 Å². The number of amides is 4. The molecule has 5 aromatic carbocycles. The molecule has 21 heteroatoms. The molecule has 0 saturated carbocycles. The summed E-state index contributed by atoms with van der Waals surface area (Å²) >= 11 is 31.0. The number of nitrogens with one attached hydrogen (secondary N) is 4. The number of hydrogen-bond acceptors (Lipinski definition) is 12. The van der Waals surface area contributed by atoms with Crippen molar-refractivity contribution in [2.24, 2.45) is 20.5 Å². The molecule has 0 aliphatic heterocycles. The van der Waals surface area contributed by atoms with Crippen LogP contribution in [0, 0.1) is 0 Å². The molecule has 0 bridgehead atoms. The summed E-state index contributed by atoms with van der Waals surface area (Å²) in [6.07, 6.45) is 0. The van der Waals surface area contributed by atoms with Gasteiger partial charge in [-0.2, -0.15) is 20.5 Å². The highest BCUT2D eigenvalue weighted by Gasteiger charge is 2.26. The number of ether oxygens (including phenoxy) is 2. The van der Waals surface area contributed by atoms with E-state index < -0.39 is 47.3 Å². The molecule has 0 spiro atoms. The second-order valence-electron chi connectivity index (χ2n) is 14.0. The SMILES string of the molecule is COc1ccc(CCl)c(NC(=O)c2ccc(Cl)c(N=NC(C(C)=O)C(=O)Nc3ccc(NC(=O)C(N=Nc4cc(C(=O)Nc5cc(OC)ccc5CCl)ccc4Cl)C(C)=O)c(CCl)c3)c2)c1. The number of rotatable bonds is 19. The second kappa shape index (κ2) is 23.7. The Morgan fingerprint density at radius 3 is 1.36 bits per heavy atom. The minimum Gasteiger partial charge on any atom is -0.497 e. The molecule has 0 aromatic heterocycles. The highest BCUT2D eigenvalue weighted by molar-refractivity contribution is 6.33. The minimum atomic E-state index is -1.65. The van der Waals surface area contributed by atoms with Gasteiger partial charge in [0, 0.05) is 63.6 Å². The maximum absolute atomic E-state index is 13.4. The Bertz CT molecular complexity index is 2750. The van der Waals surface area contributed by atoms with Crippen LogP contribution in [0.4, 0.5) is 34.1 Å². The third kappa shape index (κ3) is 13.1. The molecular weight excluding hydrogens is 958 g/mol. The highest BCUT2D eigenvalue weighted by atomic mass is 35.5. The van der Waals surface area contributed by atoms with Crippen LogP contribution in [0.25, 0.3) is 0 Å². The van der Waals surface area contributed by atoms with E-state index in [1.54, 1.807) is 36.4 Å². The number of halogens is 5. The zero-order valence-corrected chi connectivity index (χ0v) is 39.2. The smallest absolute Gasteiger partial charge is 0.258 e. The Labute approximate surface area is 403 Å². The minimum absolute atomic E-state index is 0.00235. The first kappa shape index (κ1) is 50.6. The van der Waals surface area contributed by atoms with Crippen molar-refractivity contribution < 1.29 is 38.2 Å². The van der Waals surface area contributed by atoms with Gasteiger partial charge in [0.05, 0.1) is 24.3 Å². The van der Waals surface area contributed by atoms with Gasteiger partial charge in [0.15, 0.2) is 11.6 Å². The molecule has 16 nitrogen and oxygen atoms in total. The quantitative estimate of drug-likeness (QED) is 0.0353. The van der Waals surface area contributed by atoms with E-state index >= 15 is 0 Å². The van der Waals surface area contributed by atoms with Crippen LogP contribution in [0.15, 0.2) is 111 Å². The summed E-state index contributed by atoms with van der Waals surface area (Å²) in [5.41, 5.74) is 3.10. The summed E-state index contributed by atoms with van der Waals surface area (Å²) in [6.45, 7) is 2.29. The third-order valence-corrected chi connectivity index (χ3v) is 10.9. The van der Waals surface area contributed by atoms with Crippen LogP contribution >= 0.6 is 58.0 Å². The Balaban J connectivity index is 1.27. The Hall–Kier alpha value is -6.43. The molecule has 2 atom stereocenters. The Kier molecular flexibility index (Phi) is 18.1. The summed E-state index contributed by atoms with van der Waals surface area (Å²) in [7, 11) is 2.98. The standard InChI is InChI=1S/C45H39Cl5N8O8/c1-23(59)40(57-55-38-16-25(7-12-33(38)49)42(61)53-36-18-31(65-3)10-5-27(36)20-46)44(63)51-30-9-14-35(29(15-30)22-48)52-45(64)41(24(2)60)58-56-39-17-26(8-13-34(39)50)43(62)54-37-19-32(66-4)11-6-28(37)21-47/h5-19,40-41H,20-22H2,1-4H3,(H,51,63)(H,52,64)(H,53,61)(H,54,62). The van der Waals surface area contributed by atoms with Crippen LogP contribution in [0.1, 0.15) is 51.3 Å². The van der Waals surface area contributed by atoms with Crippen LogP contribution in [-0.2, 0) is 36.8 Å². The van der Waals surface area contributed by atoms with E-state index in [1.807, 2.05) is 0 Å². The van der Waals surface area contributed by atoms with Gasteiger partial charge in [-0.1, -0.05) is 35.3 Å². The zero-order valence-electron chi connectivity index (χ0n) is 35.4. The van der Waals surface area contributed by atoms with E-state index in [2.05, 4.69) is 41.7 Å². The molecular formula is C45H39Cl5N8O8. The van der Waals surface area contributed by atoms with E-state index in [-0.39, 0.29) is 61.6 Å². The number of nitrogens with zero attached hydrogens (tertiary/aromatic N) is 4. The van der Waals surface area contributed by atoms with Crippen LogP contribution in [0.3, 0.4) is 0 Å². The number of benzene rings is 5. The lowest BCUT2D eigenvalue weighted by atomic mass is 10.1.